The third-order valence-corrected chi connectivity index (χ3v) is 7.20. The van der Waals surface area contributed by atoms with Gasteiger partial charge in [0, 0.05) is 62.4 Å². The number of carbonyl (C=O) groups excluding carboxylic acids is 1. The summed E-state index contributed by atoms with van der Waals surface area (Å²) in [6, 6.07) is 14.5. The van der Waals surface area contributed by atoms with E-state index >= 15 is 0 Å². The molecule has 0 bridgehead atoms. The Bertz CT molecular complexity index is 1090. The van der Waals surface area contributed by atoms with E-state index < -0.39 is 0 Å². The van der Waals surface area contributed by atoms with Crippen LogP contribution in [0.2, 0.25) is 0 Å². The Hall–Kier alpha value is -3.06. The zero-order valence-electron chi connectivity index (χ0n) is 18.2. The fourth-order valence-corrected chi connectivity index (χ4v) is 5.38. The van der Waals surface area contributed by atoms with Crippen LogP contribution in [0.4, 0.5) is 0 Å². The van der Waals surface area contributed by atoms with Crippen LogP contribution in [0, 0.1) is 5.41 Å². The number of nitrogens with zero attached hydrogens (tertiary/aromatic N) is 5. The molecule has 3 fully saturated rings. The molecule has 2 aliphatic heterocycles. The van der Waals surface area contributed by atoms with Crippen LogP contribution in [0.15, 0.2) is 54.9 Å². The summed E-state index contributed by atoms with van der Waals surface area (Å²) in [4.78, 5) is 26.5. The van der Waals surface area contributed by atoms with Crippen molar-refractivity contribution in [2.24, 2.45) is 5.41 Å². The number of hydrogen-bond donors (Lipinski definition) is 1. The summed E-state index contributed by atoms with van der Waals surface area (Å²) in [5.74, 6) is 2.97. The quantitative estimate of drug-likeness (QED) is 0.653. The SMILES string of the molecule is O=C(Cc1cccnc1)N1CC2(CN(Cc3ccccc3)CC2c2nc(C3CC3)n[nH]2)C1. The average Bonchev–Trinajstić information content (AvgIpc) is 3.39. The molecule has 3 aliphatic rings. The Morgan fingerprint density at radius 1 is 1.06 bits per heavy atom. The highest BCUT2D eigenvalue weighted by Crippen LogP contribution is 2.49. The van der Waals surface area contributed by atoms with Crippen molar-refractivity contribution in [1.82, 2.24) is 30.0 Å². The van der Waals surface area contributed by atoms with Crippen molar-refractivity contribution in [2.45, 2.75) is 37.6 Å². The molecule has 1 atom stereocenters. The van der Waals surface area contributed by atoms with Crippen molar-refractivity contribution in [3.8, 4) is 0 Å². The Morgan fingerprint density at radius 3 is 2.62 bits per heavy atom. The van der Waals surface area contributed by atoms with E-state index in [2.05, 4.69) is 50.4 Å². The van der Waals surface area contributed by atoms with Gasteiger partial charge in [-0.2, -0.15) is 5.10 Å². The largest absolute Gasteiger partial charge is 0.341 e. The molecule has 1 spiro atoms. The highest BCUT2D eigenvalue weighted by atomic mass is 16.2. The predicted molar refractivity (Wildman–Crippen MR) is 120 cm³/mol. The summed E-state index contributed by atoms with van der Waals surface area (Å²) in [7, 11) is 0. The maximum absolute atomic E-state index is 12.9. The fraction of sp³-hybridized carbons (Fsp3) is 0.440. The standard InChI is InChI=1S/C25H28N6O/c32-22(11-19-7-4-10-26-12-19)31-16-25(17-31)15-30(13-18-5-2-1-3-6-18)14-21(25)24-27-23(28-29-24)20-8-9-20/h1-7,10,12,20-21H,8-9,11,13-17H2,(H,27,28,29). The molecule has 1 aliphatic carbocycles. The zero-order chi connectivity index (χ0) is 21.5. The number of H-pyrrole nitrogens is 1. The second-order valence-electron chi connectivity index (χ2n) is 9.71. The molecule has 32 heavy (non-hydrogen) atoms. The minimum absolute atomic E-state index is 0.0414. The van der Waals surface area contributed by atoms with Crippen LogP contribution in [0.25, 0.3) is 0 Å². The maximum atomic E-state index is 12.9. The van der Waals surface area contributed by atoms with Crippen LogP contribution in [0.5, 0.6) is 0 Å². The number of carbonyl (C=O) groups is 1. The highest BCUT2D eigenvalue weighted by molar-refractivity contribution is 5.79. The van der Waals surface area contributed by atoms with Crippen LogP contribution in [-0.4, -0.2) is 62.1 Å². The van der Waals surface area contributed by atoms with Crippen LogP contribution in [0.3, 0.4) is 0 Å². The van der Waals surface area contributed by atoms with Crippen molar-refractivity contribution in [2.75, 3.05) is 26.2 Å². The van der Waals surface area contributed by atoms with Gasteiger partial charge in [-0.3, -0.25) is 19.8 Å². The molecule has 1 N–H and O–H groups in total. The molecule has 7 heteroatoms. The van der Waals surface area contributed by atoms with Gasteiger partial charge in [-0.15, -0.1) is 0 Å². The lowest BCUT2D eigenvalue weighted by Crippen LogP contribution is -2.62. The Labute approximate surface area is 187 Å². The van der Waals surface area contributed by atoms with Gasteiger partial charge in [0.2, 0.25) is 5.91 Å². The molecule has 6 rings (SSSR count). The number of nitrogens with one attached hydrogen (secondary N) is 1. The number of aromatic nitrogens is 4. The summed E-state index contributed by atoms with van der Waals surface area (Å²) < 4.78 is 0. The van der Waals surface area contributed by atoms with E-state index in [0.29, 0.717) is 12.3 Å². The van der Waals surface area contributed by atoms with Crippen LogP contribution in [-0.2, 0) is 17.8 Å². The smallest absolute Gasteiger partial charge is 0.227 e. The van der Waals surface area contributed by atoms with Gasteiger partial charge < -0.3 is 4.90 Å². The normalized spacial score (nSPS) is 22.2. The molecule has 2 saturated heterocycles. The van der Waals surface area contributed by atoms with E-state index in [0.717, 1.165) is 49.9 Å². The van der Waals surface area contributed by atoms with Gasteiger partial charge in [0.1, 0.15) is 5.82 Å². The van der Waals surface area contributed by atoms with Crippen molar-refractivity contribution < 1.29 is 4.79 Å². The topological polar surface area (TPSA) is 78.0 Å². The lowest BCUT2D eigenvalue weighted by Gasteiger charge is -2.50. The number of aromatic amines is 1. The summed E-state index contributed by atoms with van der Waals surface area (Å²) in [5.41, 5.74) is 2.33. The Balaban J connectivity index is 1.19. The molecular formula is C25H28N6O. The van der Waals surface area contributed by atoms with Crippen LogP contribution in [0.1, 0.15) is 47.5 Å². The summed E-state index contributed by atoms with van der Waals surface area (Å²) in [6.07, 6.45) is 6.33. The first-order valence-electron chi connectivity index (χ1n) is 11.5. The number of amides is 1. The number of likely N-dealkylation sites (tertiary alicyclic amines) is 2. The second kappa shape index (κ2) is 7.81. The number of pyridine rings is 1. The molecule has 3 aromatic rings. The molecule has 1 unspecified atom stereocenters. The number of benzene rings is 1. The first-order valence-corrected chi connectivity index (χ1v) is 11.5. The van der Waals surface area contributed by atoms with Crippen molar-refractivity contribution in [3.05, 3.63) is 77.6 Å². The van der Waals surface area contributed by atoms with Crippen molar-refractivity contribution >= 4 is 5.91 Å². The third kappa shape index (κ3) is 3.71. The van der Waals surface area contributed by atoms with Gasteiger partial charge in [0.15, 0.2) is 5.82 Å². The zero-order valence-corrected chi connectivity index (χ0v) is 18.2. The van der Waals surface area contributed by atoms with Crippen LogP contribution < -0.4 is 0 Å². The first-order chi connectivity index (χ1) is 15.7. The summed E-state index contributed by atoms with van der Waals surface area (Å²) in [5, 5.41) is 7.78. The molecule has 4 heterocycles. The molecular weight excluding hydrogens is 400 g/mol. The van der Waals surface area contributed by atoms with E-state index in [4.69, 9.17) is 4.98 Å². The molecule has 7 nitrogen and oxygen atoms in total. The molecule has 2 aromatic heterocycles. The van der Waals surface area contributed by atoms with E-state index in [-0.39, 0.29) is 17.2 Å². The summed E-state index contributed by atoms with van der Waals surface area (Å²) in [6.45, 7) is 4.40. The Morgan fingerprint density at radius 2 is 1.88 bits per heavy atom. The number of hydrogen-bond acceptors (Lipinski definition) is 5. The van der Waals surface area contributed by atoms with Gasteiger partial charge in [-0.25, -0.2) is 4.98 Å². The third-order valence-electron chi connectivity index (χ3n) is 7.20. The molecule has 1 saturated carbocycles. The summed E-state index contributed by atoms with van der Waals surface area (Å²) >= 11 is 0. The van der Waals surface area contributed by atoms with Crippen molar-refractivity contribution in [1.29, 1.82) is 0 Å². The molecule has 1 aromatic carbocycles. The van der Waals surface area contributed by atoms with Gasteiger partial charge in [-0.05, 0) is 30.0 Å². The van der Waals surface area contributed by atoms with Gasteiger partial charge in [-0.1, -0.05) is 36.4 Å². The van der Waals surface area contributed by atoms with Gasteiger partial charge >= 0.3 is 0 Å². The van der Waals surface area contributed by atoms with E-state index in [1.54, 1.807) is 12.4 Å². The lowest BCUT2D eigenvalue weighted by atomic mass is 9.71. The first kappa shape index (κ1) is 19.6. The lowest BCUT2D eigenvalue weighted by molar-refractivity contribution is -0.142. The van der Waals surface area contributed by atoms with Gasteiger partial charge in [0.05, 0.1) is 6.42 Å². The predicted octanol–water partition coefficient (Wildman–Crippen LogP) is 2.75. The second-order valence-corrected chi connectivity index (χ2v) is 9.71. The maximum Gasteiger partial charge on any atom is 0.227 e. The monoisotopic (exact) mass is 428 g/mol. The molecule has 164 valence electrons. The van der Waals surface area contributed by atoms with Gasteiger partial charge in [0.25, 0.3) is 0 Å². The fourth-order valence-electron chi connectivity index (χ4n) is 5.38. The van der Waals surface area contributed by atoms with E-state index in [1.807, 2.05) is 17.0 Å². The van der Waals surface area contributed by atoms with E-state index in [1.165, 1.54) is 18.4 Å². The molecule has 0 radical (unpaired) electrons. The van der Waals surface area contributed by atoms with E-state index in [9.17, 15) is 4.79 Å². The highest BCUT2D eigenvalue weighted by Gasteiger charge is 2.56. The number of rotatable bonds is 6. The van der Waals surface area contributed by atoms with Crippen LogP contribution >= 0.6 is 0 Å². The Kier molecular flexibility index (Phi) is 4.79. The van der Waals surface area contributed by atoms with Crippen molar-refractivity contribution in [3.63, 3.8) is 0 Å². The minimum Gasteiger partial charge on any atom is -0.341 e. The minimum atomic E-state index is 0.0414. The average molecular weight is 429 g/mol. The molecule has 1 amide bonds.